The van der Waals surface area contributed by atoms with Gasteiger partial charge in [-0.3, -0.25) is 4.90 Å². The number of aryl methyl sites for hydroxylation is 1. The zero-order chi connectivity index (χ0) is 16.9. The molecule has 2 aromatic rings. The van der Waals surface area contributed by atoms with Gasteiger partial charge in [-0.15, -0.1) is 0 Å². The Labute approximate surface area is 151 Å². The van der Waals surface area contributed by atoms with Crippen LogP contribution in [0.3, 0.4) is 0 Å². The number of esters is 1. The molecule has 0 amide bonds. The number of ether oxygens (including phenoxy) is 1. The maximum Gasteiger partial charge on any atom is 0.338 e. The van der Waals surface area contributed by atoms with Gasteiger partial charge >= 0.3 is 5.97 Å². The van der Waals surface area contributed by atoms with E-state index >= 15 is 0 Å². The number of piperidine rings is 1. The number of halogens is 1. The lowest BCUT2D eigenvalue weighted by atomic mass is 10.1. The predicted molar refractivity (Wildman–Crippen MR) is 99.0 cm³/mol. The van der Waals surface area contributed by atoms with E-state index in [0.29, 0.717) is 5.56 Å². The highest BCUT2D eigenvalue weighted by molar-refractivity contribution is 9.10. The topological polar surface area (TPSA) is 29.5 Å². The molecule has 3 nitrogen and oxygen atoms in total. The van der Waals surface area contributed by atoms with Crippen LogP contribution in [0.25, 0.3) is 0 Å². The second-order valence-electron chi connectivity index (χ2n) is 6.34. The van der Waals surface area contributed by atoms with Crippen molar-refractivity contribution >= 4 is 21.9 Å². The molecule has 1 heterocycles. The van der Waals surface area contributed by atoms with E-state index in [9.17, 15) is 4.79 Å². The van der Waals surface area contributed by atoms with Gasteiger partial charge in [-0.25, -0.2) is 4.79 Å². The summed E-state index contributed by atoms with van der Waals surface area (Å²) in [5.74, 6) is -0.209. The predicted octanol–water partition coefficient (Wildman–Crippen LogP) is 4.58. The fraction of sp³-hybridized carbons (Fsp3) is 0.350. The van der Waals surface area contributed by atoms with Gasteiger partial charge in [0.05, 0.1) is 5.56 Å². The van der Waals surface area contributed by atoms with Gasteiger partial charge in [0.1, 0.15) is 6.10 Å². The van der Waals surface area contributed by atoms with E-state index in [4.69, 9.17) is 4.74 Å². The second-order valence-corrected chi connectivity index (χ2v) is 7.19. The summed E-state index contributed by atoms with van der Waals surface area (Å²) in [5.41, 5.74) is 3.08. The fourth-order valence-corrected chi connectivity index (χ4v) is 3.37. The minimum absolute atomic E-state index is 0.0225. The van der Waals surface area contributed by atoms with Gasteiger partial charge in [-0.2, -0.15) is 0 Å². The van der Waals surface area contributed by atoms with Gasteiger partial charge in [0.15, 0.2) is 0 Å². The summed E-state index contributed by atoms with van der Waals surface area (Å²) in [7, 11) is 0. The Kier molecular flexibility index (Phi) is 5.69. The molecular formula is C20H22BrNO2. The Morgan fingerprint density at radius 1 is 1.12 bits per heavy atom. The molecule has 0 radical (unpaired) electrons. The summed E-state index contributed by atoms with van der Waals surface area (Å²) in [6, 6.07) is 15.9. The number of carbonyl (C=O) groups is 1. The SMILES string of the molecule is Cc1ccc(C(=O)OC2CCN(Cc3ccccc3Br)CC2)cc1. The molecule has 2 aromatic carbocycles. The molecule has 126 valence electrons. The van der Waals surface area contributed by atoms with Gasteiger partial charge in [-0.05, 0) is 43.5 Å². The first-order chi connectivity index (χ1) is 11.6. The van der Waals surface area contributed by atoms with Crippen molar-refractivity contribution < 1.29 is 9.53 Å². The molecule has 24 heavy (non-hydrogen) atoms. The molecule has 1 saturated heterocycles. The third kappa shape index (κ3) is 4.46. The zero-order valence-electron chi connectivity index (χ0n) is 13.9. The average Bonchev–Trinajstić information content (AvgIpc) is 2.59. The monoisotopic (exact) mass is 387 g/mol. The van der Waals surface area contributed by atoms with Crippen molar-refractivity contribution in [3.8, 4) is 0 Å². The summed E-state index contributed by atoms with van der Waals surface area (Å²) in [6.07, 6.45) is 1.80. The Balaban J connectivity index is 1.49. The van der Waals surface area contributed by atoms with Gasteiger partial charge in [0, 0.05) is 24.1 Å². The van der Waals surface area contributed by atoms with Crippen LogP contribution in [0, 0.1) is 6.92 Å². The van der Waals surface area contributed by atoms with Crippen LogP contribution in [0.15, 0.2) is 53.0 Å². The molecular weight excluding hydrogens is 366 g/mol. The summed E-state index contributed by atoms with van der Waals surface area (Å²) in [5, 5.41) is 0. The second kappa shape index (κ2) is 7.95. The van der Waals surface area contributed by atoms with Crippen molar-refractivity contribution in [1.82, 2.24) is 4.90 Å². The molecule has 0 aliphatic carbocycles. The average molecular weight is 388 g/mol. The third-order valence-corrected chi connectivity index (χ3v) is 5.22. The summed E-state index contributed by atoms with van der Waals surface area (Å²) in [4.78, 5) is 14.6. The number of carbonyl (C=O) groups excluding carboxylic acids is 1. The Hall–Kier alpha value is -1.65. The smallest absolute Gasteiger partial charge is 0.338 e. The van der Waals surface area contributed by atoms with Gasteiger partial charge in [0.25, 0.3) is 0 Å². The van der Waals surface area contributed by atoms with Crippen LogP contribution in [-0.4, -0.2) is 30.1 Å². The Morgan fingerprint density at radius 3 is 2.46 bits per heavy atom. The minimum Gasteiger partial charge on any atom is -0.459 e. The van der Waals surface area contributed by atoms with Crippen LogP contribution in [-0.2, 0) is 11.3 Å². The van der Waals surface area contributed by atoms with Crippen LogP contribution in [0.2, 0.25) is 0 Å². The molecule has 1 aliphatic rings. The van der Waals surface area contributed by atoms with Crippen LogP contribution in [0.4, 0.5) is 0 Å². The van der Waals surface area contributed by atoms with E-state index in [1.54, 1.807) is 0 Å². The van der Waals surface area contributed by atoms with Crippen molar-refractivity contribution in [3.63, 3.8) is 0 Å². The first-order valence-corrected chi connectivity index (χ1v) is 9.14. The van der Waals surface area contributed by atoms with Crippen LogP contribution in [0.5, 0.6) is 0 Å². The molecule has 1 fully saturated rings. The number of benzene rings is 2. The highest BCUT2D eigenvalue weighted by atomic mass is 79.9. The molecule has 0 aromatic heterocycles. The number of rotatable bonds is 4. The molecule has 3 rings (SSSR count). The van der Waals surface area contributed by atoms with E-state index in [1.807, 2.05) is 37.3 Å². The van der Waals surface area contributed by atoms with E-state index in [2.05, 4.69) is 39.0 Å². The molecule has 0 atom stereocenters. The van der Waals surface area contributed by atoms with Crippen molar-refractivity contribution in [2.45, 2.75) is 32.4 Å². The van der Waals surface area contributed by atoms with Crippen molar-refractivity contribution in [3.05, 3.63) is 69.7 Å². The van der Waals surface area contributed by atoms with Gasteiger partial charge in [0.2, 0.25) is 0 Å². The van der Waals surface area contributed by atoms with Crippen molar-refractivity contribution in [2.75, 3.05) is 13.1 Å². The van der Waals surface area contributed by atoms with Crippen LogP contribution < -0.4 is 0 Å². The highest BCUT2D eigenvalue weighted by Crippen LogP contribution is 2.21. The number of hydrogen-bond donors (Lipinski definition) is 0. The summed E-state index contributed by atoms with van der Waals surface area (Å²) in [6.45, 7) is 4.84. The van der Waals surface area contributed by atoms with E-state index < -0.39 is 0 Å². The molecule has 1 aliphatic heterocycles. The minimum atomic E-state index is -0.209. The molecule has 0 saturated carbocycles. The standard InChI is InChI=1S/C20H22BrNO2/c1-15-6-8-16(9-7-15)20(23)24-18-10-12-22(13-11-18)14-17-4-2-3-5-19(17)21/h2-9,18H,10-14H2,1H3. The fourth-order valence-electron chi connectivity index (χ4n) is 2.96. The van der Waals surface area contributed by atoms with Gasteiger partial charge in [-0.1, -0.05) is 51.8 Å². The largest absolute Gasteiger partial charge is 0.459 e. The van der Waals surface area contributed by atoms with E-state index in [1.165, 1.54) is 5.56 Å². The van der Waals surface area contributed by atoms with Crippen molar-refractivity contribution in [1.29, 1.82) is 0 Å². The third-order valence-electron chi connectivity index (χ3n) is 4.45. The van der Waals surface area contributed by atoms with Crippen molar-refractivity contribution in [2.24, 2.45) is 0 Å². The normalized spacial score (nSPS) is 16.1. The maximum atomic E-state index is 12.2. The Bertz CT molecular complexity index is 691. The van der Waals surface area contributed by atoms with E-state index in [0.717, 1.165) is 42.5 Å². The molecule has 0 unspecified atom stereocenters. The number of nitrogens with zero attached hydrogens (tertiary/aromatic N) is 1. The zero-order valence-corrected chi connectivity index (χ0v) is 15.5. The molecule has 4 heteroatoms. The molecule has 0 bridgehead atoms. The molecule has 0 spiro atoms. The first kappa shape index (κ1) is 17.2. The van der Waals surface area contributed by atoms with Crippen LogP contribution in [0.1, 0.15) is 34.3 Å². The van der Waals surface area contributed by atoms with E-state index in [-0.39, 0.29) is 12.1 Å². The Morgan fingerprint density at radius 2 is 1.79 bits per heavy atom. The quantitative estimate of drug-likeness (QED) is 0.719. The molecule has 0 N–H and O–H groups in total. The lowest BCUT2D eigenvalue weighted by molar-refractivity contribution is 0.0104. The lowest BCUT2D eigenvalue weighted by Crippen LogP contribution is -2.37. The summed E-state index contributed by atoms with van der Waals surface area (Å²) < 4.78 is 6.82. The number of hydrogen-bond acceptors (Lipinski definition) is 3. The first-order valence-electron chi connectivity index (χ1n) is 8.35. The maximum absolute atomic E-state index is 12.2. The van der Waals surface area contributed by atoms with Crippen LogP contribution >= 0.6 is 15.9 Å². The highest BCUT2D eigenvalue weighted by Gasteiger charge is 2.23. The number of likely N-dealkylation sites (tertiary alicyclic amines) is 1. The summed E-state index contributed by atoms with van der Waals surface area (Å²) >= 11 is 3.60. The lowest BCUT2D eigenvalue weighted by Gasteiger charge is -2.31. The van der Waals surface area contributed by atoms with Gasteiger partial charge < -0.3 is 4.74 Å².